The van der Waals surface area contributed by atoms with Crippen molar-refractivity contribution in [3.05, 3.63) is 168 Å². The lowest BCUT2D eigenvalue weighted by atomic mass is 9.34. The molecule has 0 atom stereocenters. The van der Waals surface area contributed by atoms with E-state index in [0.29, 0.717) is 0 Å². The van der Waals surface area contributed by atoms with E-state index in [4.69, 9.17) is 4.74 Å². The van der Waals surface area contributed by atoms with E-state index in [1.165, 1.54) is 76.3 Å². The van der Waals surface area contributed by atoms with Crippen molar-refractivity contribution in [1.29, 1.82) is 0 Å². The number of fused-ring (bicyclic) bond motifs is 7. The third-order valence-corrected chi connectivity index (χ3v) is 17.2. The molecular weight excluding hydrogens is 681 g/mol. The van der Waals surface area contributed by atoms with Crippen LogP contribution in [0.25, 0.3) is 11.1 Å². The number of hydrogen-bond donors (Lipinski definition) is 0. The maximum absolute atomic E-state index is 6.94. The first-order valence-corrected chi connectivity index (χ1v) is 21.7. The lowest BCUT2D eigenvalue weighted by molar-refractivity contribution is 0.486. The van der Waals surface area contributed by atoms with Crippen LogP contribution < -0.4 is 46.8 Å². The third-order valence-electron chi connectivity index (χ3n) is 12.3. The smallest absolute Gasteiger partial charge is 0.256 e. The Labute approximate surface area is 327 Å². The maximum Gasteiger partial charge on any atom is 0.256 e. The zero-order valence-electron chi connectivity index (χ0n) is 32.9. The van der Waals surface area contributed by atoms with Gasteiger partial charge < -0.3 is 9.64 Å². The lowest BCUT2D eigenvalue weighted by Crippen LogP contribution is -2.73. The van der Waals surface area contributed by atoms with Gasteiger partial charge in [-0.3, -0.25) is 0 Å². The van der Waals surface area contributed by atoms with Crippen molar-refractivity contribution in [3.8, 4) is 22.6 Å². The molecule has 10 rings (SSSR count). The van der Waals surface area contributed by atoms with Crippen LogP contribution in [-0.4, -0.2) is 14.8 Å². The van der Waals surface area contributed by atoms with E-state index in [-0.39, 0.29) is 17.5 Å². The molecule has 0 saturated carbocycles. The van der Waals surface area contributed by atoms with Crippen LogP contribution >= 0.6 is 0 Å². The monoisotopic (exact) mass is 727 g/mol. The molecule has 0 unspecified atom stereocenters. The van der Waals surface area contributed by atoms with Gasteiger partial charge in [0.2, 0.25) is 0 Å². The van der Waals surface area contributed by atoms with Crippen molar-refractivity contribution in [2.45, 2.75) is 59.3 Å². The average molecular weight is 728 g/mol. The standard InChI is InChI=1S/C51H46BNOSi/c1-33-28-44-49-46(29-33)54-45-27-24-35(51(5,6)7)30-42(45)52(49)41-32-48-40(31-43(41)53(44)36-25-22-34(23-26-36)50(2,3)4)39-20-14-15-21-47(39)55(48,37-16-10-8-11-17-37)38-18-12-9-13-19-38/h8-32H,1-7H3. The second-order valence-corrected chi connectivity index (χ2v) is 21.6. The van der Waals surface area contributed by atoms with E-state index in [1.807, 2.05) is 0 Å². The summed E-state index contributed by atoms with van der Waals surface area (Å²) in [5.41, 5.74) is 14.0. The normalized spacial score (nSPS) is 14.7. The Kier molecular flexibility index (Phi) is 7.38. The molecule has 0 aliphatic carbocycles. The molecule has 3 heterocycles. The number of hydrogen-bond acceptors (Lipinski definition) is 2. The number of rotatable bonds is 3. The largest absolute Gasteiger partial charge is 0.458 e. The molecule has 0 fully saturated rings. The fourth-order valence-electron chi connectivity index (χ4n) is 9.67. The molecule has 0 radical (unpaired) electrons. The van der Waals surface area contributed by atoms with Gasteiger partial charge >= 0.3 is 0 Å². The summed E-state index contributed by atoms with van der Waals surface area (Å²) in [6.45, 7) is 16.0. The second kappa shape index (κ2) is 12.0. The number of aryl methyl sites for hydroxylation is 1. The predicted octanol–water partition coefficient (Wildman–Crippen LogP) is 8.35. The minimum absolute atomic E-state index is 0.00371. The summed E-state index contributed by atoms with van der Waals surface area (Å²) < 4.78 is 6.94. The van der Waals surface area contributed by atoms with Crippen molar-refractivity contribution >= 4 is 69.0 Å². The van der Waals surface area contributed by atoms with Crippen molar-refractivity contribution in [3.63, 3.8) is 0 Å². The van der Waals surface area contributed by atoms with Gasteiger partial charge in [-0.2, -0.15) is 0 Å². The first-order chi connectivity index (χ1) is 26.4. The zero-order chi connectivity index (χ0) is 37.9. The Morgan fingerprint density at radius 1 is 0.509 bits per heavy atom. The van der Waals surface area contributed by atoms with Crippen LogP contribution in [0.4, 0.5) is 17.1 Å². The van der Waals surface area contributed by atoms with Gasteiger partial charge in [-0.1, -0.05) is 157 Å². The predicted molar refractivity (Wildman–Crippen MR) is 237 cm³/mol. The molecule has 55 heavy (non-hydrogen) atoms. The lowest BCUT2D eigenvalue weighted by Gasteiger charge is -2.41. The van der Waals surface area contributed by atoms with Gasteiger partial charge in [0, 0.05) is 17.1 Å². The van der Waals surface area contributed by atoms with Crippen LogP contribution in [0.5, 0.6) is 11.5 Å². The molecule has 0 bridgehead atoms. The van der Waals surface area contributed by atoms with Crippen LogP contribution in [0.2, 0.25) is 0 Å². The fraction of sp³-hybridized carbons (Fsp3) is 0.176. The van der Waals surface area contributed by atoms with Crippen LogP contribution in [0.15, 0.2) is 152 Å². The molecule has 0 spiro atoms. The third kappa shape index (κ3) is 5.00. The van der Waals surface area contributed by atoms with Crippen molar-refractivity contribution in [1.82, 2.24) is 0 Å². The quantitative estimate of drug-likeness (QED) is 0.170. The SMILES string of the molecule is Cc1cc2c3c(c1)N(c1ccc(C(C)(C)C)cc1)c1cc4c(cc1B3c1cc(C(C)(C)C)ccc1O2)[Si](c1ccccc1)(c1ccccc1)c1ccccc1-4. The van der Waals surface area contributed by atoms with Crippen LogP contribution in [-0.2, 0) is 10.8 Å². The Morgan fingerprint density at radius 2 is 1.13 bits per heavy atom. The summed E-state index contributed by atoms with van der Waals surface area (Å²) in [7, 11) is -2.74. The Bertz CT molecular complexity index is 2610. The topological polar surface area (TPSA) is 12.5 Å². The Hall–Kier alpha value is -5.58. The highest BCUT2D eigenvalue weighted by atomic mass is 28.3. The molecule has 2 nitrogen and oxygen atoms in total. The summed E-state index contributed by atoms with van der Waals surface area (Å²) in [6, 6.07) is 58.0. The minimum Gasteiger partial charge on any atom is -0.458 e. The molecule has 7 aromatic carbocycles. The van der Waals surface area contributed by atoms with Gasteiger partial charge in [-0.05, 0) is 119 Å². The van der Waals surface area contributed by atoms with E-state index in [1.54, 1.807) is 0 Å². The van der Waals surface area contributed by atoms with Crippen LogP contribution in [0.1, 0.15) is 58.2 Å². The molecule has 0 aromatic heterocycles. The van der Waals surface area contributed by atoms with E-state index in [2.05, 4.69) is 205 Å². The Balaban J connectivity index is 1.34. The first kappa shape index (κ1) is 34.0. The zero-order valence-corrected chi connectivity index (χ0v) is 33.9. The highest BCUT2D eigenvalue weighted by Gasteiger charge is 2.51. The molecule has 3 aliphatic heterocycles. The highest BCUT2D eigenvalue weighted by molar-refractivity contribution is 7.22. The van der Waals surface area contributed by atoms with E-state index < -0.39 is 8.07 Å². The van der Waals surface area contributed by atoms with Gasteiger partial charge in [0.05, 0.1) is 0 Å². The van der Waals surface area contributed by atoms with E-state index in [9.17, 15) is 0 Å². The van der Waals surface area contributed by atoms with Crippen LogP contribution in [0.3, 0.4) is 0 Å². The average Bonchev–Trinajstić information content (AvgIpc) is 3.47. The van der Waals surface area contributed by atoms with E-state index >= 15 is 0 Å². The minimum atomic E-state index is -2.74. The van der Waals surface area contributed by atoms with E-state index in [0.717, 1.165) is 17.2 Å². The summed E-state index contributed by atoms with van der Waals surface area (Å²) in [5.74, 6) is 1.91. The van der Waals surface area contributed by atoms with Gasteiger partial charge in [0.15, 0.2) is 8.07 Å². The summed E-state index contributed by atoms with van der Waals surface area (Å²) in [6.07, 6.45) is 0. The van der Waals surface area contributed by atoms with Gasteiger partial charge in [-0.15, -0.1) is 0 Å². The summed E-state index contributed by atoms with van der Waals surface area (Å²) >= 11 is 0. The number of benzene rings is 7. The van der Waals surface area contributed by atoms with Crippen molar-refractivity contribution in [2.24, 2.45) is 0 Å². The Morgan fingerprint density at radius 3 is 1.78 bits per heavy atom. The molecule has 0 amide bonds. The molecule has 268 valence electrons. The second-order valence-electron chi connectivity index (χ2n) is 17.9. The van der Waals surface area contributed by atoms with Crippen molar-refractivity contribution < 1.29 is 4.74 Å². The number of ether oxygens (including phenoxy) is 1. The first-order valence-electron chi connectivity index (χ1n) is 19.7. The molecule has 0 saturated heterocycles. The molecule has 3 aliphatic rings. The van der Waals surface area contributed by atoms with Gasteiger partial charge in [0.1, 0.15) is 11.5 Å². The number of nitrogens with zero attached hydrogens (tertiary/aromatic N) is 1. The highest BCUT2D eigenvalue weighted by Crippen LogP contribution is 2.44. The maximum atomic E-state index is 6.94. The fourth-order valence-corrected chi connectivity index (χ4v) is 14.9. The van der Waals surface area contributed by atoms with Crippen LogP contribution in [0, 0.1) is 6.92 Å². The summed E-state index contributed by atoms with van der Waals surface area (Å²) in [4.78, 5) is 2.53. The molecular formula is C51H46BNOSi. The molecule has 0 N–H and O–H groups in total. The number of anilines is 3. The molecule has 4 heteroatoms. The van der Waals surface area contributed by atoms with Crippen molar-refractivity contribution in [2.75, 3.05) is 4.90 Å². The molecule has 7 aromatic rings. The van der Waals surface area contributed by atoms with Gasteiger partial charge in [-0.25, -0.2) is 0 Å². The van der Waals surface area contributed by atoms with Gasteiger partial charge in [0.25, 0.3) is 6.71 Å². The summed E-state index contributed by atoms with van der Waals surface area (Å²) in [5, 5.41) is 5.75.